The SMILES string of the molecule is CCN1CCCC1=O.Cl. The first kappa shape index (κ1) is 8.76. The van der Waals surface area contributed by atoms with E-state index in [1.165, 1.54) is 0 Å². The van der Waals surface area contributed by atoms with E-state index < -0.39 is 0 Å². The first-order valence-corrected chi connectivity index (χ1v) is 3.12. The highest BCUT2D eigenvalue weighted by Crippen LogP contribution is 2.07. The van der Waals surface area contributed by atoms with E-state index in [2.05, 4.69) is 0 Å². The fourth-order valence-electron chi connectivity index (χ4n) is 1.04. The molecule has 1 aliphatic heterocycles. The summed E-state index contributed by atoms with van der Waals surface area (Å²) in [5.74, 6) is 0.326. The van der Waals surface area contributed by atoms with E-state index in [9.17, 15) is 4.79 Å². The van der Waals surface area contributed by atoms with Crippen LogP contribution < -0.4 is 0 Å². The number of carbonyl (C=O) groups is 1. The van der Waals surface area contributed by atoms with Gasteiger partial charge in [-0.3, -0.25) is 4.79 Å². The van der Waals surface area contributed by atoms with Crippen LogP contribution in [0, 0.1) is 0 Å². The molecule has 9 heavy (non-hydrogen) atoms. The summed E-state index contributed by atoms with van der Waals surface area (Å²) in [5.41, 5.74) is 0. The summed E-state index contributed by atoms with van der Waals surface area (Å²) in [7, 11) is 0. The van der Waals surface area contributed by atoms with Crippen molar-refractivity contribution in [2.75, 3.05) is 13.1 Å². The van der Waals surface area contributed by atoms with Crippen LogP contribution in [0.1, 0.15) is 19.8 Å². The Kier molecular flexibility index (Phi) is 3.62. The molecule has 0 aromatic heterocycles. The summed E-state index contributed by atoms with van der Waals surface area (Å²) < 4.78 is 0. The van der Waals surface area contributed by atoms with Gasteiger partial charge in [0.15, 0.2) is 0 Å². The lowest BCUT2D eigenvalue weighted by molar-refractivity contribution is -0.127. The third-order valence-corrected chi connectivity index (χ3v) is 1.55. The number of hydrogen-bond acceptors (Lipinski definition) is 1. The lowest BCUT2D eigenvalue weighted by atomic mass is 10.4. The largest absolute Gasteiger partial charge is 0.343 e. The minimum Gasteiger partial charge on any atom is -0.343 e. The van der Waals surface area contributed by atoms with Gasteiger partial charge >= 0.3 is 0 Å². The zero-order chi connectivity index (χ0) is 5.98. The maximum absolute atomic E-state index is 10.7. The normalized spacial score (nSPS) is 17.9. The zero-order valence-corrected chi connectivity index (χ0v) is 6.41. The van der Waals surface area contributed by atoms with E-state index in [-0.39, 0.29) is 12.4 Å². The Hall–Kier alpha value is -0.240. The Morgan fingerprint density at radius 2 is 2.33 bits per heavy atom. The van der Waals surface area contributed by atoms with Crippen molar-refractivity contribution in [2.24, 2.45) is 0 Å². The monoisotopic (exact) mass is 149 g/mol. The molecule has 0 atom stereocenters. The van der Waals surface area contributed by atoms with E-state index in [1.54, 1.807) is 0 Å². The number of likely N-dealkylation sites (tertiary alicyclic amines) is 1. The minimum absolute atomic E-state index is 0. The summed E-state index contributed by atoms with van der Waals surface area (Å²) in [4.78, 5) is 12.6. The summed E-state index contributed by atoms with van der Waals surface area (Å²) >= 11 is 0. The molecule has 3 heteroatoms. The fraction of sp³-hybridized carbons (Fsp3) is 0.833. The number of rotatable bonds is 1. The molecule has 0 aromatic rings. The van der Waals surface area contributed by atoms with Gasteiger partial charge in [0.1, 0.15) is 0 Å². The molecule has 0 unspecified atom stereocenters. The van der Waals surface area contributed by atoms with Crippen molar-refractivity contribution in [3.63, 3.8) is 0 Å². The number of nitrogens with zero attached hydrogens (tertiary/aromatic N) is 1. The van der Waals surface area contributed by atoms with Gasteiger partial charge in [-0.1, -0.05) is 0 Å². The summed E-state index contributed by atoms with van der Waals surface area (Å²) in [6, 6.07) is 0. The third kappa shape index (κ3) is 1.86. The van der Waals surface area contributed by atoms with E-state index in [1.807, 2.05) is 11.8 Å². The van der Waals surface area contributed by atoms with Crippen LogP contribution >= 0.6 is 12.4 Å². The molecule has 0 spiro atoms. The van der Waals surface area contributed by atoms with E-state index >= 15 is 0 Å². The molecular formula is C6H12ClNO. The van der Waals surface area contributed by atoms with Crippen LogP contribution in [-0.4, -0.2) is 23.9 Å². The Balaban J connectivity index is 0.000000640. The van der Waals surface area contributed by atoms with Crippen molar-refractivity contribution in [1.82, 2.24) is 4.90 Å². The molecule has 1 heterocycles. The number of amides is 1. The second kappa shape index (κ2) is 3.72. The average Bonchev–Trinajstić information content (AvgIpc) is 2.14. The first-order chi connectivity index (χ1) is 3.84. The molecule has 1 aliphatic rings. The van der Waals surface area contributed by atoms with Crippen LogP contribution in [0.5, 0.6) is 0 Å². The standard InChI is InChI=1S/C6H11NO.ClH/c1-2-7-5-3-4-6(7)8;/h2-5H2,1H3;1H. The van der Waals surface area contributed by atoms with Crippen molar-refractivity contribution in [2.45, 2.75) is 19.8 Å². The van der Waals surface area contributed by atoms with Crippen LogP contribution in [0.3, 0.4) is 0 Å². The molecule has 0 saturated carbocycles. The third-order valence-electron chi connectivity index (χ3n) is 1.55. The first-order valence-electron chi connectivity index (χ1n) is 3.12. The van der Waals surface area contributed by atoms with Crippen molar-refractivity contribution in [1.29, 1.82) is 0 Å². The van der Waals surface area contributed by atoms with Crippen LogP contribution in [0.4, 0.5) is 0 Å². The second-order valence-corrected chi connectivity index (χ2v) is 2.08. The molecule has 0 N–H and O–H groups in total. The smallest absolute Gasteiger partial charge is 0.222 e. The van der Waals surface area contributed by atoms with E-state index in [4.69, 9.17) is 0 Å². The quantitative estimate of drug-likeness (QED) is 0.546. The van der Waals surface area contributed by atoms with Gasteiger partial charge in [-0.2, -0.15) is 0 Å². The minimum atomic E-state index is 0. The lowest BCUT2D eigenvalue weighted by Crippen LogP contribution is -2.23. The molecule has 0 aromatic carbocycles. The van der Waals surface area contributed by atoms with E-state index in [0.717, 1.165) is 25.9 Å². The molecule has 0 bridgehead atoms. The average molecular weight is 150 g/mol. The van der Waals surface area contributed by atoms with Crippen molar-refractivity contribution in [3.8, 4) is 0 Å². The van der Waals surface area contributed by atoms with Crippen molar-refractivity contribution >= 4 is 18.3 Å². The molecule has 1 rings (SSSR count). The van der Waals surface area contributed by atoms with Crippen LogP contribution in [0.25, 0.3) is 0 Å². The highest BCUT2D eigenvalue weighted by Gasteiger charge is 2.16. The second-order valence-electron chi connectivity index (χ2n) is 2.08. The maximum atomic E-state index is 10.7. The highest BCUT2D eigenvalue weighted by atomic mass is 35.5. The van der Waals surface area contributed by atoms with Gasteiger partial charge in [-0.05, 0) is 13.3 Å². The molecule has 1 amide bonds. The van der Waals surface area contributed by atoms with Gasteiger partial charge in [0.25, 0.3) is 0 Å². The van der Waals surface area contributed by atoms with Crippen LogP contribution in [0.2, 0.25) is 0 Å². The van der Waals surface area contributed by atoms with Gasteiger partial charge in [0.2, 0.25) is 5.91 Å². The Morgan fingerprint density at radius 1 is 1.67 bits per heavy atom. The maximum Gasteiger partial charge on any atom is 0.222 e. The van der Waals surface area contributed by atoms with Crippen LogP contribution in [0.15, 0.2) is 0 Å². The molecular weight excluding hydrogens is 138 g/mol. The molecule has 54 valence electrons. The fourth-order valence-corrected chi connectivity index (χ4v) is 1.04. The van der Waals surface area contributed by atoms with Gasteiger partial charge in [-0.25, -0.2) is 0 Å². The molecule has 1 fully saturated rings. The highest BCUT2D eigenvalue weighted by molar-refractivity contribution is 5.85. The molecule has 0 radical (unpaired) electrons. The number of hydrogen-bond donors (Lipinski definition) is 0. The van der Waals surface area contributed by atoms with Gasteiger partial charge in [-0.15, -0.1) is 12.4 Å². The Bertz CT molecular complexity index is 105. The predicted octanol–water partition coefficient (Wildman–Crippen LogP) is 1.05. The zero-order valence-electron chi connectivity index (χ0n) is 5.59. The summed E-state index contributed by atoms with van der Waals surface area (Å²) in [6.07, 6.45) is 1.83. The van der Waals surface area contributed by atoms with Gasteiger partial charge < -0.3 is 4.90 Å². The van der Waals surface area contributed by atoms with E-state index in [0.29, 0.717) is 5.91 Å². The summed E-state index contributed by atoms with van der Waals surface area (Å²) in [6.45, 7) is 3.89. The van der Waals surface area contributed by atoms with Crippen molar-refractivity contribution in [3.05, 3.63) is 0 Å². The Labute approximate surface area is 61.6 Å². The van der Waals surface area contributed by atoms with Gasteiger partial charge in [0.05, 0.1) is 0 Å². The van der Waals surface area contributed by atoms with Crippen LogP contribution in [-0.2, 0) is 4.79 Å². The topological polar surface area (TPSA) is 20.3 Å². The Morgan fingerprint density at radius 3 is 2.56 bits per heavy atom. The molecule has 0 aliphatic carbocycles. The predicted molar refractivity (Wildman–Crippen MR) is 38.7 cm³/mol. The summed E-state index contributed by atoms with van der Waals surface area (Å²) in [5, 5.41) is 0. The number of carbonyl (C=O) groups excluding carboxylic acids is 1. The van der Waals surface area contributed by atoms with Crippen molar-refractivity contribution < 1.29 is 4.79 Å². The molecule has 1 saturated heterocycles. The van der Waals surface area contributed by atoms with Gasteiger partial charge in [0, 0.05) is 19.5 Å². The molecule has 2 nitrogen and oxygen atoms in total. The lowest BCUT2D eigenvalue weighted by Gasteiger charge is -2.10. The number of halogens is 1.